The summed E-state index contributed by atoms with van der Waals surface area (Å²) in [4.78, 5) is 0. The van der Waals surface area contributed by atoms with Crippen molar-refractivity contribution < 1.29 is 19.3 Å². The first-order valence-electron chi connectivity index (χ1n) is 4.97. The van der Waals surface area contributed by atoms with Gasteiger partial charge < -0.3 is 14.9 Å². The monoisotopic (exact) mass is 212 g/mol. The lowest BCUT2D eigenvalue weighted by molar-refractivity contribution is 0.0847. The average molecular weight is 212 g/mol. The Balaban J connectivity index is 2.30. The first-order chi connectivity index (χ1) is 7.18. The third kappa shape index (κ3) is 2.04. The van der Waals surface area contributed by atoms with E-state index >= 15 is 0 Å². The number of hydrogen-bond donors (Lipinski definition) is 2. The van der Waals surface area contributed by atoms with E-state index in [2.05, 4.69) is 0 Å². The van der Waals surface area contributed by atoms with Crippen LogP contribution in [0.1, 0.15) is 24.3 Å². The lowest BCUT2D eigenvalue weighted by Crippen LogP contribution is -2.14. The second-order valence-electron chi connectivity index (χ2n) is 3.75. The van der Waals surface area contributed by atoms with Gasteiger partial charge in [-0.2, -0.15) is 0 Å². The molecule has 2 N–H and O–H groups in total. The van der Waals surface area contributed by atoms with Crippen molar-refractivity contribution in [2.45, 2.75) is 18.8 Å². The summed E-state index contributed by atoms with van der Waals surface area (Å²) in [6.45, 7) is 1.26. The molecule has 1 saturated heterocycles. The van der Waals surface area contributed by atoms with Crippen molar-refractivity contribution in [1.82, 2.24) is 0 Å². The Bertz CT molecular complexity index is 359. The molecule has 0 aliphatic carbocycles. The van der Waals surface area contributed by atoms with Gasteiger partial charge in [-0.05, 0) is 24.8 Å². The van der Waals surface area contributed by atoms with Crippen molar-refractivity contribution in [3.05, 3.63) is 23.5 Å². The second-order valence-corrected chi connectivity index (χ2v) is 3.75. The molecule has 0 spiro atoms. The van der Waals surface area contributed by atoms with Gasteiger partial charge in [-0.3, -0.25) is 0 Å². The van der Waals surface area contributed by atoms with Crippen molar-refractivity contribution >= 4 is 0 Å². The van der Waals surface area contributed by atoms with E-state index in [1.807, 2.05) is 0 Å². The normalized spacial score (nSPS) is 17.9. The lowest BCUT2D eigenvalue weighted by atomic mass is 9.91. The number of ether oxygens (including phenoxy) is 1. The number of aromatic hydroxyl groups is 2. The zero-order valence-electron chi connectivity index (χ0n) is 8.24. The number of phenols is 2. The summed E-state index contributed by atoms with van der Waals surface area (Å²) in [5, 5.41) is 18.7. The quantitative estimate of drug-likeness (QED) is 0.749. The Hall–Kier alpha value is -1.29. The zero-order chi connectivity index (χ0) is 10.8. The molecule has 0 aromatic heterocycles. The van der Waals surface area contributed by atoms with E-state index in [0.717, 1.165) is 18.9 Å². The summed E-state index contributed by atoms with van der Waals surface area (Å²) in [6, 6.07) is 2.26. The first-order valence-corrected chi connectivity index (χ1v) is 4.97. The van der Waals surface area contributed by atoms with Crippen LogP contribution in [0, 0.1) is 5.82 Å². The summed E-state index contributed by atoms with van der Waals surface area (Å²) < 4.78 is 18.3. The molecule has 1 heterocycles. The van der Waals surface area contributed by atoms with Crippen molar-refractivity contribution in [1.29, 1.82) is 0 Å². The molecule has 1 aromatic rings. The minimum atomic E-state index is -0.686. The van der Waals surface area contributed by atoms with E-state index in [-0.39, 0.29) is 11.7 Å². The van der Waals surface area contributed by atoms with Crippen molar-refractivity contribution in [3.8, 4) is 11.5 Å². The SMILES string of the molecule is Oc1cc(O)c(C2CCOCC2)cc1F. The maximum absolute atomic E-state index is 13.1. The van der Waals surface area contributed by atoms with Crippen LogP contribution in [-0.2, 0) is 4.74 Å². The topological polar surface area (TPSA) is 49.7 Å². The van der Waals surface area contributed by atoms with E-state index in [9.17, 15) is 9.50 Å². The Morgan fingerprint density at radius 1 is 1.13 bits per heavy atom. The summed E-state index contributed by atoms with van der Waals surface area (Å²) in [6.07, 6.45) is 1.55. The number of benzene rings is 1. The van der Waals surface area contributed by atoms with Gasteiger partial charge in [-0.15, -0.1) is 0 Å². The maximum Gasteiger partial charge on any atom is 0.165 e. The highest BCUT2D eigenvalue weighted by Gasteiger charge is 2.20. The predicted octanol–water partition coefficient (Wildman–Crippen LogP) is 2.13. The van der Waals surface area contributed by atoms with Gasteiger partial charge in [0.05, 0.1) is 0 Å². The smallest absolute Gasteiger partial charge is 0.165 e. The molecule has 1 aromatic carbocycles. The van der Waals surface area contributed by atoms with Crippen LogP contribution in [0.4, 0.5) is 4.39 Å². The van der Waals surface area contributed by atoms with E-state index in [4.69, 9.17) is 9.84 Å². The third-order valence-electron chi connectivity index (χ3n) is 2.76. The molecule has 1 aliphatic heterocycles. The van der Waals surface area contributed by atoms with Gasteiger partial charge in [0.25, 0.3) is 0 Å². The summed E-state index contributed by atoms with van der Waals surface area (Å²) in [7, 11) is 0. The van der Waals surface area contributed by atoms with Gasteiger partial charge in [-0.25, -0.2) is 4.39 Å². The van der Waals surface area contributed by atoms with Crippen LogP contribution in [0.3, 0.4) is 0 Å². The Labute approximate surface area is 87.1 Å². The minimum Gasteiger partial charge on any atom is -0.508 e. The van der Waals surface area contributed by atoms with Crippen LogP contribution in [0.5, 0.6) is 11.5 Å². The minimum absolute atomic E-state index is 0.0409. The Morgan fingerprint density at radius 3 is 2.47 bits per heavy atom. The molecule has 0 saturated carbocycles. The van der Waals surface area contributed by atoms with Gasteiger partial charge in [-0.1, -0.05) is 0 Å². The van der Waals surface area contributed by atoms with Crippen molar-refractivity contribution in [3.63, 3.8) is 0 Å². The van der Waals surface area contributed by atoms with Crippen LogP contribution in [0.2, 0.25) is 0 Å². The predicted molar refractivity (Wildman–Crippen MR) is 52.5 cm³/mol. The van der Waals surface area contributed by atoms with Crippen LogP contribution < -0.4 is 0 Å². The molecule has 3 nitrogen and oxygen atoms in total. The zero-order valence-corrected chi connectivity index (χ0v) is 8.24. The number of hydrogen-bond acceptors (Lipinski definition) is 3. The molecule has 0 radical (unpaired) electrons. The average Bonchev–Trinajstić information content (AvgIpc) is 2.25. The summed E-state index contributed by atoms with van der Waals surface area (Å²) in [5.74, 6) is -1.12. The third-order valence-corrected chi connectivity index (χ3v) is 2.76. The maximum atomic E-state index is 13.1. The second kappa shape index (κ2) is 4.06. The summed E-state index contributed by atoms with van der Waals surface area (Å²) >= 11 is 0. The molecule has 0 unspecified atom stereocenters. The van der Waals surface area contributed by atoms with E-state index in [1.165, 1.54) is 6.07 Å². The van der Waals surface area contributed by atoms with Crippen molar-refractivity contribution in [2.75, 3.05) is 13.2 Å². The highest BCUT2D eigenvalue weighted by atomic mass is 19.1. The molecular weight excluding hydrogens is 199 g/mol. The molecule has 82 valence electrons. The lowest BCUT2D eigenvalue weighted by Gasteiger charge is -2.23. The van der Waals surface area contributed by atoms with E-state index < -0.39 is 11.6 Å². The molecule has 0 atom stereocenters. The fraction of sp³-hybridized carbons (Fsp3) is 0.455. The standard InChI is InChI=1S/C11H13FO3/c12-9-5-8(10(13)6-11(9)14)7-1-3-15-4-2-7/h5-7,13-14H,1-4H2. The van der Waals surface area contributed by atoms with Crippen LogP contribution in [-0.4, -0.2) is 23.4 Å². The summed E-state index contributed by atoms with van der Waals surface area (Å²) in [5.41, 5.74) is 0.564. The van der Waals surface area contributed by atoms with Gasteiger partial charge in [0.15, 0.2) is 11.6 Å². The molecular formula is C11H13FO3. The highest BCUT2D eigenvalue weighted by Crippen LogP contribution is 2.36. The number of phenolic OH excluding ortho intramolecular Hbond substituents is 2. The molecule has 1 aliphatic rings. The fourth-order valence-corrected chi connectivity index (χ4v) is 1.90. The van der Waals surface area contributed by atoms with Gasteiger partial charge in [0.2, 0.25) is 0 Å². The Morgan fingerprint density at radius 2 is 1.80 bits per heavy atom. The molecule has 1 fully saturated rings. The fourth-order valence-electron chi connectivity index (χ4n) is 1.90. The molecule has 0 amide bonds. The molecule has 0 bridgehead atoms. The molecule has 2 rings (SSSR count). The first kappa shape index (κ1) is 10.2. The van der Waals surface area contributed by atoms with Gasteiger partial charge >= 0.3 is 0 Å². The number of rotatable bonds is 1. The largest absolute Gasteiger partial charge is 0.508 e. The number of halogens is 1. The molecule has 4 heteroatoms. The van der Waals surface area contributed by atoms with Crippen LogP contribution in [0.15, 0.2) is 12.1 Å². The molecule has 15 heavy (non-hydrogen) atoms. The van der Waals surface area contributed by atoms with Crippen molar-refractivity contribution in [2.24, 2.45) is 0 Å². The van der Waals surface area contributed by atoms with E-state index in [0.29, 0.717) is 18.8 Å². The van der Waals surface area contributed by atoms with Crippen LogP contribution in [0.25, 0.3) is 0 Å². The van der Waals surface area contributed by atoms with Crippen LogP contribution >= 0.6 is 0 Å². The Kier molecular flexibility index (Phi) is 2.77. The van der Waals surface area contributed by atoms with Gasteiger partial charge in [0.1, 0.15) is 5.75 Å². The van der Waals surface area contributed by atoms with Gasteiger partial charge in [0, 0.05) is 24.8 Å². The highest BCUT2D eigenvalue weighted by molar-refractivity contribution is 5.42. The van der Waals surface area contributed by atoms with E-state index in [1.54, 1.807) is 0 Å².